The van der Waals surface area contributed by atoms with Gasteiger partial charge in [-0.1, -0.05) is 60.1 Å². The molecule has 0 unspecified atom stereocenters. The van der Waals surface area contributed by atoms with Crippen LogP contribution in [0.3, 0.4) is 0 Å². The Morgan fingerprint density at radius 2 is 1.53 bits per heavy atom. The van der Waals surface area contributed by atoms with E-state index in [1.807, 2.05) is 60.7 Å². The van der Waals surface area contributed by atoms with E-state index in [9.17, 15) is 19.8 Å². The van der Waals surface area contributed by atoms with E-state index in [1.54, 1.807) is 17.6 Å². The van der Waals surface area contributed by atoms with Crippen LogP contribution in [0.15, 0.2) is 72.8 Å². The summed E-state index contributed by atoms with van der Waals surface area (Å²) >= 11 is 6.05. The van der Waals surface area contributed by atoms with E-state index in [4.69, 9.17) is 26.3 Å². The SMILES string of the molecule is O=C(CCCC(=O)Nc1ccc([C@@H]2O[C@H](CN3CCC(O)(c4ccc(Cl)cc4)CC3)C[C@H](c3ccc(CO)cc3)O2)cc1)NO. The minimum atomic E-state index is -0.887. The predicted molar refractivity (Wildman–Crippen MR) is 168 cm³/mol. The Labute approximate surface area is 267 Å². The lowest BCUT2D eigenvalue weighted by atomic mass is 9.84. The summed E-state index contributed by atoms with van der Waals surface area (Å²) in [4.78, 5) is 25.8. The number of ether oxygens (including phenoxy) is 2. The minimum Gasteiger partial charge on any atom is -0.392 e. The second kappa shape index (κ2) is 15.3. The average Bonchev–Trinajstić information content (AvgIpc) is 3.06. The molecule has 0 radical (unpaired) electrons. The maximum Gasteiger partial charge on any atom is 0.243 e. The zero-order chi connectivity index (χ0) is 31.8. The minimum absolute atomic E-state index is 0.0294. The Bertz CT molecular complexity index is 1410. The quantitative estimate of drug-likeness (QED) is 0.147. The number of halogens is 1. The highest BCUT2D eigenvalue weighted by Gasteiger charge is 2.37. The maximum absolute atomic E-state index is 12.3. The van der Waals surface area contributed by atoms with E-state index in [0.717, 1.165) is 35.3 Å². The second-order valence-electron chi connectivity index (χ2n) is 11.7. The van der Waals surface area contributed by atoms with Crippen LogP contribution in [0.2, 0.25) is 5.02 Å². The lowest BCUT2D eigenvalue weighted by Crippen LogP contribution is -2.46. The molecule has 2 aliphatic heterocycles. The van der Waals surface area contributed by atoms with E-state index < -0.39 is 17.8 Å². The van der Waals surface area contributed by atoms with Gasteiger partial charge in [-0.2, -0.15) is 0 Å². The summed E-state index contributed by atoms with van der Waals surface area (Å²) in [5.74, 6) is -0.755. The number of rotatable bonds is 11. The van der Waals surface area contributed by atoms with Crippen molar-refractivity contribution in [3.8, 4) is 0 Å². The van der Waals surface area contributed by atoms with Crippen LogP contribution in [-0.2, 0) is 31.3 Å². The molecule has 10 nitrogen and oxygen atoms in total. The summed E-state index contributed by atoms with van der Waals surface area (Å²) in [6, 6.07) is 22.5. The van der Waals surface area contributed by atoms with E-state index >= 15 is 0 Å². The fourth-order valence-corrected chi connectivity index (χ4v) is 6.01. The molecule has 3 aromatic rings. The van der Waals surface area contributed by atoms with Crippen LogP contribution in [0.1, 0.15) is 73.2 Å². The molecule has 2 heterocycles. The Morgan fingerprint density at radius 3 is 2.18 bits per heavy atom. The molecule has 0 bridgehead atoms. The number of amides is 2. The summed E-state index contributed by atoms with van der Waals surface area (Å²) in [6.07, 6.45) is 1.39. The highest BCUT2D eigenvalue weighted by Crippen LogP contribution is 2.39. The number of hydroxylamine groups is 1. The molecule has 3 atom stereocenters. The first-order valence-electron chi connectivity index (χ1n) is 15.3. The van der Waals surface area contributed by atoms with E-state index in [0.29, 0.717) is 42.9 Å². The number of nitrogens with zero attached hydrogens (tertiary/aromatic N) is 1. The number of aliphatic hydroxyl groups is 2. The van der Waals surface area contributed by atoms with Crippen LogP contribution < -0.4 is 10.8 Å². The molecule has 2 amide bonds. The smallest absolute Gasteiger partial charge is 0.243 e. The lowest BCUT2D eigenvalue weighted by molar-refractivity contribution is -0.253. The molecular formula is C34H40ClN3O7. The molecule has 5 N–H and O–H groups in total. The van der Waals surface area contributed by atoms with Crippen molar-refractivity contribution in [1.82, 2.24) is 10.4 Å². The summed E-state index contributed by atoms with van der Waals surface area (Å²) < 4.78 is 13.0. The van der Waals surface area contributed by atoms with E-state index in [-0.39, 0.29) is 37.6 Å². The van der Waals surface area contributed by atoms with Crippen LogP contribution in [0.5, 0.6) is 0 Å². The number of anilines is 1. The Kier molecular flexibility index (Phi) is 11.2. The van der Waals surface area contributed by atoms with E-state index in [2.05, 4.69) is 10.2 Å². The van der Waals surface area contributed by atoms with Crippen LogP contribution in [0, 0.1) is 0 Å². The highest BCUT2D eigenvalue weighted by molar-refractivity contribution is 6.30. The number of likely N-dealkylation sites (tertiary alicyclic amines) is 1. The fourth-order valence-electron chi connectivity index (χ4n) is 5.89. The number of piperidine rings is 1. The Morgan fingerprint density at radius 1 is 0.889 bits per heavy atom. The number of aliphatic hydroxyl groups excluding tert-OH is 1. The molecule has 45 heavy (non-hydrogen) atoms. The van der Waals surface area contributed by atoms with Crippen molar-refractivity contribution in [2.24, 2.45) is 0 Å². The molecule has 240 valence electrons. The van der Waals surface area contributed by atoms with Gasteiger partial charge in [-0.05, 0) is 60.2 Å². The first-order valence-corrected chi connectivity index (χ1v) is 15.7. The summed E-state index contributed by atoms with van der Waals surface area (Å²) in [6.45, 7) is 2.10. The van der Waals surface area contributed by atoms with Crippen LogP contribution in [0.4, 0.5) is 5.69 Å². The van der Waals surface area contributed by atoms with Gasteiger partial charge in [-0.15, -0.1) is 0 Å². The third kappa shape index (κ3) is 8.89. The average molecular weight is 638 g/mol. The normalized spacial score (nSPS) is 21.6. The molecule has 5 rings (SSSR count). The summed E-state index contributed by atoms with van der Waals surface area (Å²) in [5.41, 5.74) is 4.81. The molecule has 11 heteroatoms. The highest BCUT2D eigenvalue weighted by atomic mass is 35.5. The lowest BCUT2D eigenvalue weighted by Gasteiger charge is -2.42. The van der Waals surface area contributed by atoms with E-state index in [1.165, 1.54) is 0 Å². The first kappa shape index (κ1) is 33.0. The zero-order valence-corrected chi connectivity index (χ0v) is 25.8. The third-order valence-corrected chi connectivity index (χ3v) is 8.79. The van der Waals surface area contributed by atoms with Gasteiger partial charge in [0.25, 0.3) is 0 Å². The number of hydrogen-bond donors (Lipinski definition) is 5. The topological polar surface area (TPSA) is 141 Å². The number of carbonyl (C=O) groups excluding carboxylic acids is 2. The van der Waals surface area contributed by atoms with Gasteiger partial charge in [0, 0.05) is 55.2 Å². The summed E-state index contributed by atoms with van der Waals surface area (Å²) in [7, 11) is 0. The third-order valence-electron chi connectivity index (χ3n) is 8.54. The van der Waals surface area contributed by atoms with Crippen molar-refractivity contribution in [3.05, 3.63) is 100 Å². The van der Waals surface area contributed by atoms with Crippen LogP contribution in [0.25, 0.3) is 0 Å². The van der Waals surface area contributed by atoms with Gasteiger partial charge in [0.15, 0.2) is 6.29 Å². The molecule has 2 aliphatic rings. The molecule has 0 aliphatic carbocycles. The molecular weight excluding hydrogens is 598 g/mol. The molecule has 2 fully saturated rings. The molecule has 0 saturated carbocycles. The number of benzene rings is 3. The number of hydrogen-bond acceptors (Lipinski definition) is 8. The van der Waals surface area contributed by atoms with Crippen LogP contribution in [-0.4, -0.2) is 57.9 Å². The van der Waals surface area contributed by atoms with Crippen molar-refractivity contribution in [3.63, 3.8) is 0 Å². The van der Waals surface area contributed by atoms with Crippen molar-refractivity contribution in [2.45, 2.75) is 69.2 Å². The van der Waals surface area contributed by atoms with Crippen molar-refractivity contribution in [2.75, 3.05) is 25.0 Å². The largest absolute Gasteiger partial charge is 0.392 e. The maximum atomic E-state index is 12.3. The Balaban J connectivity index is 1.23. The van der Waals surface area contributed by atoms with Gasteiger partial charge < -0.3 is 29.9 Å². The molecule has 2 saturated heterocycles. The van der Waals surface area contributed by atoms with Crippen molar-refractivity contribution >= 4 is 29.1 Å². The zero-order valence-electron chi connectivity index (χ0n) is 25.0. The number of carbonyl (C=O) groups is 2. The number of nitrogens with one attached hydrogen (secondary N) is 2. The van der Waals surface area contributed by atoms with Gasteiger partial charge in [0.1, 0.15) is 0 Å². The van der Waals surface area contributed by atoms with Gasteiger partial charge in [-0.25, -0.2) is 5.48 Å². The molecule has 0 spiro atoms. The van der Waals surface area contributed by atoms with Gasteiger partial charge >= 0.3 is 0 Å². The van der Waals surface area contributed by atoms with Crippen molar-refractivity contribution < 1.29 is 34.5 Å². The second-order valence-corrected chi connectivity index (χ2v) is 12.2. The standard InChI is InChI=1S/C34H40ClN3O7/c35-27-12-10-26(11-13-27)34(42)16-18-38(19-17-34)21-29-20-30(24-6-4-23(22-39)5-7-24)45-33(44-29)25-8-14-28(15-9-25)36-31(40)2-1-3-32(41)37-43/h4-15,29-30,33,39,42-43H,1-3,16-22H2,(H,36,40)(H,37,41)/t29-,30+,33+/m0/s1. The first-order chi connectivity index (χ1) is 21.7. The Hall–Kier alpha value is -3.35. The van der Waals surface area contributed by atoms with Gasteiger partial charge in [0.2, 0.25) is 11.8 Å². The van der Waals surface area contributed by atoms with Crippen LogP contribution >= 0.6 is 11.6 Å². The fraction of sp³-hybridized carbons (Fsp3) is 0.412. The predicted octanol–water partition coefficient (Wildman–Crippen LogP) is 4.98. The molecule has 3 aromatic carbocycles. The van der Waals surface area contributed by atoms with Gasteiger partial charge in [-0.3, -0.25) is 14.8 Å². The van der Waals surface area contributed by atoms with Crippen molar-refractivity contribution in [1.29, 1.82) is 0 Å². The molecule has 0 aromatic heterocycles. The van der Waals surface area contributed by atoms with Gasteiger partial charge in [0.05, 0.1) is 24.4 Å². The summed E-state index contributed by atoms with van der Waals surface area (Å²) in [5, 5.41) is 32.9. The monoisotopic (exact) mass is 637 g/mol.